The number of ketones is 1. The van der Waals surface area contributed by atoms with Crippen LogP contribution in [0.15, 0.2) is 0 Å². The molecule has 0 bridgehead atoms. The lowest BCUT2D eigenvalue weighted by molar-refractivity contribution is -0.130. The molecule has 1 aliphatic heterocycles. The third kappa shape index (κ3) is 2.08. The van der Waals surface area contributed by atoms with Crippen molar-refractivity contribution in [2.45, 2.75) is 39.7 Å². The van der Waals surface area contributed by atoms with Crippen molar-refractivity contribution >= 4 is 11.7 Å². The highest BCUT2D eigenvalue weighted by Crippen LogP contribution is 2.18. The zero-order chi connectivity index (χ0) is 10.0. The molecule has 1 saturated heterocycles. The van der Waals surface area contributed by atoms with Gasteiger partial charge in [-0.2, -0.15) is 0 Å². The van der Waals surface area contributed by atoms with Crippen molar-refractivity contribution in [3.63, 3.8) is 0 Å². The first kappa shape index (κ1) is 10.2. The highest BCUT2D eigenvalue weighted by molar-refractivity contribution is 6.05. The Morgan fingerprint density at radius 1 is 1.38 bits per heavy atom. The Hall–Kier alpha value is -0.860. The zero-order valence-corrected chi connectivity index (χ0v) is 8.54. The molecule has 74 valence electrons. The zero-order valence-electron chi connectivity index (χ0n) is 8.54. The third-order valence-corrected chi connectivity index (χ3v) is 2.97. The van der Waals surface area contributed by atoms with Gasteiger partial charge in [0.2, 0.25) is 5.91 Å². The average Bonchev–Trinajstić information content (AvgIpc) is 2.42. The van der Waals surface area contributed by atoms with Crippen molar-refractivity contribution in [1.82, 2.24) is 4.90 Å². The topological polar surface area (TPSA) is 37.4 Å². The van der Waals surface area contributed by atoms with Crippen LogP contribution in [0.4, 0.5) is 0 Å². The number of amides is 1. The second kappa shape index (κ2) is 3.90. The Morgan fingerprint density at radius 2 is 2.00 bits per heavy atom. The molecule has 3 heteroatoms. The lowest BCUT2D eigenvalue weighted by Gasteiger charge is -2.28. The molecule has 0 saturated carbocycles. The van der Waals surface area contributed by atoms with E-state index in [1.807, 2.05) is 6.92 Å². The minimum Gasteiger partial charge on any atom is -0.332 e. The molecule has 1 heterocycles. The minimum atomic E-state index is -0.00204. The number of Topliss-reactive ketones (excluding diaryl/α,β-unsaturated/α-hetero) is 1. The van der Waals surface area contributed by atoms with Crippen molar-refractivity contribution in [1.29, 1.82) is 0 Å². The molecule has 1 fully saturated rings. The number of hydrogen-bond acceptors (Lipinski definition) is 2. The maximum atomic E-state index is 11.4. The SMILES string of the molecule is CCC(C)C(C)N1CC(=O)CC1=O. The van der Waals surface area contributed by atoms with Crippen LogP contribution in [-0.2, 0) is 9.59 Å². The van der Waals surface area contributed by atoms with Gasteiger partial charge in [-0.05, 0) is 12.8 Å². The first-order valence-electron chi connectivity index (χ1n) is 4.87. The second-order valence-electron chi connectivity index (χ2n) is 3.86. The van der Waals surface area contributed by atoms with Gasteiger partial charge in [-0.15, -0.1) is 0 Å². The summed E-state index contributed by atoms with van der Waals surface area (Å²) in [5.74, 6) is 0.521. The highest BCUT2D eigenvalue weighted by Gasteiger charge is 2.32. The summed E-state index contributed by atoms with van der Waals surface area (Å²) in [6.45, 7) is 6.55. The summed E-state index contributed by atoms with van der Waals surface area (Å²) in [6, 6.07) is 0.198. The smallest absolute Gasteiger partial charge is 0.230 e. The maximum Gasteiger partial charge on any atom is 0.230 e. The Morgan fingerprint density at radius 3 is 2.38 bits per heavy atom. The molecule has 0 spiro atoms. The lowest BCUT2D eigenvalue weighted by Crippen LogP contribution is -2.38. The van der Waals surface area contributed by atoms with E-state index in [0.29, 0.717) is 12.5 Å². The van der Waals surface area contributed by atoms with E-state index < -0.39 is 0 Å². The van der Waals surface area contributed by atoms with Crippen LogP contribution in [0.1, 0.15) is 33.6 Å². The average molecular weight is 183 g/mol. The fourth-order valence-electron chi connectivity index (χ4n) is 1.62. The first-order valence-corrected chi connectivity index (χ1v) is 4.87. The molecule has 3 nitrogen and oxygen atoms in total. The van der Waals surface area contributed by atoms with Crippen LogP contribution in [0.5, 0.6) is 0 Å². The van der Waals surface area contributed by atoms with Gasteiger partial charge in [0, 0.05) is 6.04 Å². The van der Waals surface area contributed by atoms with Crippen molar-refractivity contribution in [2.24, 2.45) is 5.92 Å². The number of rotatable bonds is 3. The summed E-state index contributed by atoms with van der Waals surface area (Å²) in [7, 11) is 0. The van der Waals surface area contributed by atoms with E-state index in [1.165, 1.54) is 0 Å². The maximum absolute atomic E-state index is 11.4. The molecular formula is C10H17NO2. The summed E-state index contributed by atoms with van der Waals surface area (Å²) in [5, 5.41) is 0. The van der Waals surface area contributed by atoms with Crippen molar-refractivity contribution in [3.05, 3.63) is 0 Å². The molecule has 1 rings (SSSR count). The van der Waals surface area contributed by atoms with Crippen molar-refractivity contribution in [3.8, 4) is 0 Å². The Labute approximate surface area is 79.1 Å². The normalized spacial score (nSPS) is 22.2. The van der Waals surface area contributed by atoms with Gasteiger partial charge in [0.1, 0.15) is 0 Å². The number of hydrogen-bond donors (Lipinski definition) is 0. The van der Waals surface area contributed by atoms with Gasteiger partial charge in [0.25, 0.3) is 0 Å². The van der Waals surface area contributed by atoms with Gasteiger partial charge in [-0.25, -0.2) is 0 Å². The van der Waals surface area contributed by atoms with Crippen molar-refractivity contribution in [2.75, 3.05) is 6.54 Å². The van der Waals surface area contributed by atoms with Gasteiger partial charge >= 0.3 is 0 Å². The highest BCUT2D eigenvalue weighted by atomic mass is 16.2. The summed E-state index contributed by atoms with van der Waals surface area (Å²) in [6.07, 6.45) is 1.15. The summed E-state index contributed by atoms with van der Waals surface area (Å²) >= 11 is 0. The van der Waals surface area contributed by atoms with Gasteiger partial charge in [0.15, 0.2) is 5.78 Å². The summed E-state index contributed by atoms with van der Waals surface area (Å²) in [4.78, 5) is 24.1. The third-order valence-electron chi connectivity index (χ3n) is 2.97. The molecule has 2 atom stereocenters. The second-order valence-corrected chi connectivity index (χ2v) is 3.86. The van der Waals surface area contributed by atoms with E-state index in [4.69, 9.17) is 0 Å². The fourth-order valence-corrected chi connectivity index (χ4v) is 1.62. The van der Waals surface area contributed by atoms with E-state index in [9.17, 15) is 9.59 Å². The van der Waals surface area contributed by atoms with Gasteiger partial charge < -0.3 is 4.90 Å². The number of likely N-dealkylation sites (tertiary alicyclic amines) is 1. The molecule has 0 N–H and O–H groups in total. The Kier molecular flexibility index (Phi) is 3.07. The first-order chi connectivity index (χ1) is 6.06. The van der Waals surface area contributed by atoms with Crippen LogP contribution in [0, 0.1) is 5.92 Å². The van der Waals surface area contributed by atoms with E-state index in [1.54, 1.807) is 4.90 Å². The summed E-state index contributed by atoms with van der Waals surface area (Å²) in [5.41, 5.74) is 0. The number of carbonyl (C=O) groups excluding carboxylic acids is 2. The number of carbonyl (C=O) groups is 2. The largest absolute Gasteiger partial charge is 0.332 e. The monoisotopic (exact) mass is 183 g/mol. The molecule has 0 aromatic carbocycles. The van der Waals surface area contributed by atoms with Crippen molar-refractivity contribution < 1.29 is 9.59 Å². The molecule has 13 heavy (non-hydrogen) atoms. The lowest BCUT2D eigenvalue weighted by atomic mass is 10.00. The van der Waals surface area contributed by atoms with Gasteiger partial charge in [-0.1, -0.05) is 20.3 Å². The molecule has 0 aromatic rings. The standard InChI is InChI=1S/C10H17NO2/c1-4-7(2)8(3)11-6-9(12)5-10(11)13/h7-8H,4-6H2,1-3H3. The predicted molar refractivity (Wildman–Crippen MR) is 50.3 cm³/mol. The quantitative estimate of drug-likeness (QED) is 0.617. The molecule has 1 amide bonds. The van der Waals surface area contributed by atoms with Crippen LogP contribution >= 0.6 is 0 Å². The van der Waals surface area contributed by atoms with E-state index >= 15 is 0 Å². The van der Waals surface area contributed by atoms with Gasteiger partial charge in [0.05, 0.1) is 13.0 Å². The number of nitrogens with zero attached hydrogens (tertiary/aromatic N) is 1. The van der Waals surface area contributed by atoms with Crippen LogP contribution in [0.2, 0.25) is 0 Å². The molecule has 2 unspecified atom stereocenters. The molecule has 0 radical (unpaired) electrons. The van der Waals surface area contributed by atoms with Gasteiger partial charge in [-0.3, -0.25) is 9.59 Å². The predicted octanol–water partition coefficient (Wildman–Crippen LogP) is 1.22. The Bertz CT molecular complexity index is 225. The van der Waals surface area contributed by atoms with Crippen LogP contribution in [-0.4, -0.2) is 29.2 Å². The minimum absolute atomic E-state index is 0.00204. The van der Waals surface area contributed by atoms with Crippen LogP contribution < -0.4 is 0 Å². The molecule has 1 aliphatic rings. The molecule has 0 aromatic heterocycles. The molecule has 0 aliphatic carbocycles. The van der Waals surface area contributed by atoms with Crippen LogP contribution in [0.3, 0.4) is 0 Å². The molecular weight excluding hydrogens is 166 g/mol. The van der Waals surface area contributed by atoms with E-state index in [0.717, 1.165) is 6.42 Å². The fraction of sp³-hybridized carbons (Fsp3) is 0.800. The Balaban J connectivity index is 2.61. The van der Waals surface area contributed by atoms with Crippen LogP contribution in [0.25, 0.3) is 0 Å². The van der Waals surface area contributed by atoms with E-state index in [2.05, 4.69) is 13.8 Å². The summed E-state index contributed by atoms with van der Waals surface area (Å²) < 4.78 is 0. The van der Waals surface area contributed by atoms with E-state index in [-0.39, 0.29) is 24.2 Å².